The van der Waals surface area contributed by atoms with Crippen LogP contribution in [0.1, 0.15) is 18.9 Å². The molecule has 1 heterocycles. The average Bonchev–Trinajstić information content (AvgIpc) is 2.43. The van der Waals surface area contributed by atoms with Crippen LogP contribution in [-0.2, 0) is 16.1 Å². The van der Waals surface area contributed by atoms with E-state index < -0.39 is 0 Å². The van der Waals surface area contributed by atoms with E-state index in [1.54, 1.807) is 0 Å². The van der Waals surface area contributed by atoms with Crippen molar-refractivity contribution in [1.82, 2.24) is 4.98 Å². The van der Waals surface area contributed by atoms with Gasteiger partial charge in [0.05, 0.1) is 25.3 Å². The lowest BCUT2D eigenvalue weighted by Gasteiger charge is -2.07. The van der Waals surface area contributed by atoms with Gasteiger partial charge in [-0.05, 0) is 18.6 Å². The second-order valence-corrected chi connectivity index (χ2v) is 4.65. The molecule has 0 aliphatic heterocycles. The Balaban J connectivity index is 1.91. The first-order valence-corrected chi connectivity index (χ1v) is 6.88. The SMILES string of the molecule is CCCOCCOCc1cc2ccccc2nc1Cl. The van der Waals surface area contributed by atoms with Crippen LogP contribution in [0.2, 0.25) is 5.15 Å². The van der Waals surface area contributed by atoms with E-state index in [4.69, 9.17) is 21.1 Å². The number of nitrogens with zero attached hydrogens (tertiary/aromatic N) is 1. The van der Waals surface area contributed by atoms with Crippen LogP contribution in [0.4, 0.5) is 0 Å². The van der Waals surface area contributed by atoms with Crippen LogP contribution >= 0.6 is 11.6 Å². The van der Waals surface area contributed by atoms with Gasteiger partial charge in [-0.3, -0.25) is 0 Å². The molecule has 19 heavy (non-hydrogen) atoms. The lowest BCUT2D eigenvalue weighted by Crippen LogP contribution is -2.05. The summed E-state index contributed by atoms with van der Waals surface area (Å²) >= 11 is 6.14. The molecule has 0 saturated carbocycles. The van der Waals surface area contributed by atoms with Crippen molar-refractivity contribution in [3.05, 3.63) is 41.0 Å². The molecule has 2 aromatic rings. The van der Waals surface area contributed by atoms with E-state index in [-0.39, 0.29) is 0 Å². The standard InChI is InChI=1S/C15H18ClNO2/c1-2-7-18-8-9-19-11-13-10-12-5-3-4-6-14(12)17-15(13)16/h3-6,10H,2,7-9,11H2,1H3. The van der Waals surface area contributed by atoms with Gasteiger partial charge in [-0.2, -0.15) is 0 Å². The monoisotopic (exact) mass is 279 g/mol. The van der Waals surface area contributed by atoms with Gasteiger partial charge in [-0.1, -0.05) is 36.7 Å². The van der Waals surface area contributed by atoms with Crippen LogP contribution in [0.25, 0.3) is 10.9 Å². The first-order valence-electron chi connectivity index (χ1n) is 6.51. The molecule has 0 spiro atoms. The summed E-state index contributed by atoms with van der Waals surface area (Å²) < 4.78 is 10.9. The first kappa shape index (κ1) is 14.3. The van der Waals surface area contributed by atoms with Gasteiger partial charge in [-0.25, -0.2) is 4.98 Å². The number of rotatable bonds is 7. The summed E-state index contributed by atoms with van der Waals surface area (Å²) in [7, 11) is 0. The second kappa shape index (κ2) is 7.43. The maximum atomic E-state index is 6.14. The molecule has 0 amide bonds. The Morgan fingerprint density at radius 1 is 1.11 bits per heavy atom. The Hall–Kier alpha value is -1.16. The molecular formula is C15H18ClNO2. The second-order valence-electron chi connectivity index (χ2n) is 4.30. The number of fused-ring (bicyclic) bond motifs is 1. The first-order chi connectivity index (χ1) is 9.31. The number of hydrogen-bond acceptors (Lipinski definition) is 3. The van der Waals surface area contributed by atoms with Crippen LogP contribution in [0, 0.1) is 0 Å². The van der Waals surface area contributed by atoms with Crippen LogP contribution < -0.4 is 0 Å². The van der Waals surface area contributed by atoms with E-state index in [1.807, 2.05) is 30.3 Å². The fourth-order valence-corrected chi connectivity index (χ4v) is 1.98. The molecule has 102 valence electrons. The minimum Gasteiger partial charge on any atom is -0.379 e. The van der Waals surface area contributed by atoms with Crippen molar-refractivity contribution >= 4 is 22.5 Å². The van der Waals surface area contributed by atoms with Crippen molar-refractivity contribution in [1.29, 1.82) is 0 Å². The summed E-state index contributed by atoms with van der Waals surface area (Å²) in [6.45, 7) is 4.52. The minimum atomic E-state index is 0.464. The molecule has 2 rings (SSSR count). The third kappa shape index (κ3) is 4.16. The molecule has 0 N–H and O–H groups in total. The van der Waals surface area contributed by atoms with Gasteiger partial charge in [0.2, 0.25) is 0 Å². The number of halogens is 1. The predicted octanol–water partition coefficient (Wildman–Crippen LogP) is 3.83. The van der Waals surface area contributed by atoms with E-state index in [9.17, 15) is 0 Å². The van der Waals surface area contributed by atoms with Gasteiger partial charge >= 0.3 is 0 Å². The molecule has 0 aliphatic rings. The smallest absolute Gasteiger partial charge is 0.135 e. The highest BCUT2D eigenvalue weighted by molar-refractivity contribution is 6.30. The number of hydrogen-bond donors (Lipinski definition) is 0. The summed E-state index contributed by atoms with van der Waals surface area (Å²) in [5.41, 5.74) is 1.82. The highest BCUT2D eigenvalue weighted by Gasteiger charge is 2.04. The molecular weight excluding hydrogens is 262 g/mol. The highest BCUT2D eigenvalue weighted by Crippen LogP contribution is 2.20. The van der Waals surface area contributed by atoms with Gasteiger partial charge in [0.1, 0.15) is 5.15 Å². The van der Waals surface area contributed by atoms with Crippen molar-refractivity contribution in [3.63, 3.8) is 0 Å². The Labute approximate surface area is 118 Å². The number of ether oxygens (including phenoxy) is 2. The van der Waals surface area contributed by atoms with Crippen LogP contribution in [-0.4, -0.2) is 24.8 Å². The lowest BCUT2D eigenvalue weighted by atomic mass is 10.2. The quantitative estimate of drug-likeness (QED) is 0.570. The number of aromatic nitrogens is 1. The summed E-state index contributed by atoms with van der Waals surface area (Å²) in [5.74, 6) is 0. The maximum absolute atomic E-state index is 6.14. The Kier molecular flexibility index (Phi) is 5.58. The fourth-order valence-electron chi connectivity index (χ4n) is 1.78. The van der Waals surface area contributed by atoms with Crippen molar-refractivity contribution in [2.45, 2.75) is 20.0 Å². The third-order valence-electron chi connectivity index (χ3n) is 2.73. The van der Waals surface area contributed by atoms with Gasteiger partial charge in [-0.15, -0.1) is 0 Å². The van der Waals surface area contributed by atoms with E-state index in [0.717, 1.165) is 29.5 Å². The zero-order chi connectivity index (χ0) is 13.5. The maximum Gasteiger partial charge on any atom is 0.135 e. The summed E-state index contributed by atoms with van der Waals surface area (Å²) in [6.07, 6.45) is 1.03. The Morgan fingerprint density at radius 2 is 1.89 bits per heavy atom. The van der Waals surface area contributed by atoms with Gasteiger partial charge < -0.3 is 9.47 Å². The topological polar surface area (TPSA) is 31.4 Å². The third-order valence-corrected chi connectivity index (χ3v) is 3.06. The van der Waals surface area contributed by atoms with Crippen molar-refractivity contribution < 1.29 is 9.47 Å². The lowest BCUT2D eigenvalue weighted by molar-refractivity contribution is 0.0408. The van der Waals surface area contributed by atoms with Gasteiger partial charge in [0.25, 0.3) is 0 Å². The Morgan fingerprint density at radius 3 is 2.74 bits per heavy atom. The minimum absolute atomic E-state index is 0.464. The van der Waals surface area contributed by atoms with Crippen molar-refractivity contribution in [3.8, 4) is 0 Å². The average molecular weight is 280 g/mol. The molecule has 1 aromatic heterocycles. The van der Waals surface area contributed by atoms with E-state index in [2.05, 4.69) is 11.9 Å². The van der Waals surface area contributed by atoms with E-state index >= 15 is 0 Å². The number of benzene rings is 1. The van der Waals surface area contributed by atoms with E-state index in [0.29, 0.717) is 25.0 Å². The summed E-state index contributed by atoms with van der Waals surface area (Å²) in [6, 6.07) is 9.93. The van der Waals surface area contributed by atoms with Gasteiger partial charge in [0, 0.05) is 17.6 Å². The van der Waals surface area contributed by atoms with Crippen molar-refractivity contribution in [2.75, 3.05) is 19.8 Å². The zero-order valence-electron chi connectivity index (χ0n) is 11.1. The molecule has 0 fully saturated rings. The molecule has 3 nitrogen and oxygen atoms in total. The summed E-state index contributed by atoms with van der Waals surface area (Å²) in [4.78, 5) is 4.36. The molecule has 0 saturated heterocycles. The van der Waals surface area contributed by atoms with Crippen LogP contribution in [0.3, 0.4) is 0 Å². The van der Waals surface area contributed by atoms with E-state index in [1.165, 1.54) is 0 Å². The van der Waals surface area contributed by atoms with Crippen LogP contribution in [0.15, 0.2) is 30.3 Å². The summed E-state index contributed by atoms with van der Waals surface area (Å²) in [5, 5.41) is 1.58. The molecule has 0 atom stereocenters. The molecule has 0 radical (unpaired) electrons. The largest absolute Gasteiger partial charge is 0.379 e. The number of pyridine rings is 1. The predicted molar refractivity (Wildman–Crippen MR) is 77.5 cm³/mol. The van der Waals surface area contributed by atoms with Gasteiger partial charge in [0.15, 0.2) is 0 Å². The Bertz CT molecular complexity index is 531. The molecule has 0 bridgehead atoms. The van der Waals surface area contributed by atoms with Crippen LogP contribution in [0.5, 0.6) is 0 Å². The highest BCUT2D eigenvalue weighted by atomic mass is 35.5. The zero-order valence-corrected chi connectivity index (χ0v) is 11.8. The molecule has 0 aliphatic carbocycles. The fraction of sp³-hybridized carbons (Fsp3) is 0.400. The molecule has 1 aromatic carbocycles. The normalized spacial score (nSPS) is 11.1. The molecule has 4 heteroatoms. The number of para-hydroxylation sites is 1. The van der Waals surface area contributed by atoms with Crippen molar-refractivity contribution in [2.24, 2.45) is 0 Å². The molecule has 0 unspecified atom stereocenters.